The Kier molecular flexibility index (Phi) is 8.97. The van der Waals surface area contributed by atoms with Crippen LogP contribution in [0.3, 0.4) is 0 Å². The van der Waals surface area contributed by atoms with Gasteiger partial charge in [0.25, 0.3) is 11.8 Å². The number of likely N-dealkylation sites (tertiary alicyclic amines) is 1. The van der Waals surface area contributed by atoms with E-state index in [4.69, 9.17) is 4.74 Å². The second kappa shape index (κ2) is 13.0. The fraction of sp³-hybridized carbons (Fsp3) is 0.353. The monoisotopic (exact) mass is 537 g/mol. The Morgan fingerprint density at radius 2 is 1.80 bits per heavy atom. The smallest absolute Gasteiger partial charge is 0.294 e. The number of piperidine rings is 1. The van der Waals surface area contributed by atoms with E-state index in [1.807, 2.05) is 55.5 Å². The number of nitrogens with zero attached hydrogens (tertiary/aromatic N) is 2. The van der Waals surface area contributed by atoms with Gasteiger partial charge in [-0.1, -0.05) is 67.4 Å². The fourth-order valence-electron chi connectivity index (χ4n) is 5.58. The predicted octanol–water partition coefficient (Wildman–Crippen LogP) is 6.35. The van der Waals surface area contributed by atoms with E-state index in [0.717, 1.165) is 29.8 Å². The Morgan fingerprint density at radius 3 is 2.58 bits per heavy atom. The van der Waals surface area contributed by atoms with Gasteiger partial charge in [0.15, 0.2) is 11.5 Å². The SMILES string of the molecule is CCC1CCCCN1CCCNC(=O)c1ccc(C=C2Oc3ccccc3N(Cc3ccc(C)cc3)C2=O)cc1. The van der Waals surface area contributed by atoms with Crippen molar-refractivity contribution in [2.24, 2.45) is 0 Å². The summed E-state index contributed by atoms with van der Waals surface area (Å²) in [6.45, 7) is 7.63. The molecule has 2 aliphatic heterocycles. The fourth-order valence-corrected chi connectivity index (χ4v) is 5.58. The number of benzene rings is 3. The van der Waals surface area contributed by atoms with E-state index in [2.05, 4.69) is 29.3 Å². The van der Waals surface area contributed by atoms with E-state index in [-0.39, 0.29) is 17.6 Å². The molecule has 1 unspecified atom stereocenters. The summed E-state index contributed by atoms with van der Waals surface area (Å²) >= 11 is 0. The lowest BCUT2D eigenvalue weighted by Crippen LogP contribution is -2.40. The Labute approximate surface area is 237 Å². The molecule has 2 aliphatic rings. The molecule has 1 atom stereocenters. The van der Waals surface area contributed by atoms with Gasteiger partial charge in [-0.05, 0) is 80.6 Å². The molecule has 5 rings (SSSR count). The zero-order valence-corrected chi connectivity index (χ0v) is 23.6. The Hall–Kier alpha value is -3.90. The quantitative estimate of drug-likeness (QED) is 0.255. The Bertz CT molecular complexity index is 1350. The third-order valence-electron chi connectivity index (χ3n) is 7.89. The van der Waals surface area contributed by atoms with Gasteiger partial charge in [0.2, 0.25) is 0 Å². The summed E-state index contributed by atoms with van der Waals surface area (Å²) in [7, 11) is 0. The molecule has 6 nitrogen and oxygen atoms in total. The molecule has 2 amide bonds. The average Bonchev–Trinajstić information content (AvgIpc) is 2.99. The van der Waals surface area contributed by atoms with Crippen molar-refractivity contribution in [1.29, 1.82) is 0 Å². The van der Waals surface area contributed by atoms with E-state index in [1.165, 1.54) is 37.8 Å². The van der Waals surface area contributed by atoms with Crippen LogP contribution in [0.15, 0.2) is 78.6 Å². The van der Waals surface area contributed by atoms with Crippen LogP contribution in [0.25, 0.3) is 6.08 Å². The van der Waals surface area contributed by atoms with Gasteiger partial charge in [-0.2, -0.15) is 0 Å². The second-order valence-electron chi connectivity index (χ2n) is 10.8. The minimum atomic E-state index is -0.194. The first-order valence-corrected chi connectivity index (χ1v) is 14.5. The number of ether oxygens (including phenoxy) is 1. The molecule has 2 heterocycles. The lowest BCUT2D eigenvalue weighted by atomic mass is 10.00. The van der Waals surface area contributed by atoms with Gasteiger partial charge in [-0.25, -0.2) is 0 Å². The van der Waals surface area contributed by atoms with Crippen molar-refractivity contribution in [2.75, 3.05) is 24.5 Å². The number of hydrogen-bond donors (Lipinski definition) is 1. The number of aryl methyl sites for hydroxylation is 1. The Morgan fingerprint density at radius 1 is 1.02 bits per heavy atom. The normalized spacial score (nSPS) is 18.4. The molecule has 6 heteroatoms. The molecule has 0 bridgehead atoms. The predicted molar refractivity (Wildman–Crippen MR) is 160 cm³/mol. The van der Waals surface area contributed by atoms with E-state index in [0.29, 0.717) is 30.4 Å². The first-order chi connectivity index (χ1) is 19.5. The highest BCUT2D eigenvalue weighted by atomic mass is 16.5. The number of hydrogen-bond acceptors (Lipinski definition) is 4. The van der Waals surface area contributed by atoms with Crippen molar-refractivity contribution in [3.63, 3.8) is 0 Å². The molecule has 0 saturated carbocycles. The third kappa shape index (κ3) is 6.62. The van der Waals surface area contributed by atoms with Gasteiger partial charge in [0, 0.05) is 24.7 Å². The zero-order chi connectivity index (χ0) is 27.9. The lowest BCUT2D eigenvalue weighted by molar-refractivity contribution is -0.117. The van der Waals surface area contributed by atoms with E-state index < -0.39 is 0 Å². The highest BCUT2D eigenvalue weighted by molar-refractivity contribution is 6.09. The number of amides is 2. The molecule has 0 aromatic heterocycles. The van der Waals surface area contributed by atoms with Gasteiger partial charge in [0.1, 0.15) is 0 Å². The molecule has 3 aromatic rings. The molecule has 0 spiro atoms. The van der Waals surface area contributed by atoms with Crippen molar-refractivity contribution < 1.29 is 14.3 Å². The van der Waals surface area contributed by atoms with Gasteiger partial charge >= 0.3 is 0 Å². The molecule has 3 aromatic carbocycles. The van der Waals surface area contributed by atoms with Gasteiger partial charge in [-0.3, -0.25) is 14.5 Å². The van der Waals surface area contributed by atoms with Gasteiger partial charge in [0.05, 0.1) is 12.2 Å². The summed E-state index contributed by atoms with van der Waals surface area (Å²) in [5, 5.41) is 3.06. The molecular formula is C34H39N3O3. The Balaban J connectivity index is 1.21. The molecule has 0 radical (unpaired) electrons. The molecule has 40 heavy (non-hydrogen) atoms. The van der Waals surface area contributed by atoms with Crippen LogP contribution < -0.4 is 15.0 Å². The van der Waals surface area contributed by atoms with Gasteiger partial charge < -0.3 is 15.0 Å². The average molecular weight is 538 g/mol. The van der Waals surface area contributed by atoms with Crippen LogP contribution in [0.4, 0.5) is 5.69 Å². The molecule has 1 saturated heterocycles. The lowest BCUT2D eigenvalue weighted by Gasteiger charge is -2.35. The number of fused-ring (bicyclic) bond motifs is 1. The maximum Gasteiger partial charge on any atom is 0.294 e. The number of anilines is 1. The van der Waals surface area contributed by atoms with Crippen LogP contribution >= 0.6 is 0 Å². The van der Waals surface area contributed by atoms with Crippen LogP contribution in [0.5, 0.6) is 5.75 Å². The maximum atomic E-state index is 13.5. The minimum Gasteiger partial charge on any atom is -0.449 e. The molecule has 0 aliphatic carbocycles. The summed E-state index contributed by atoms with van der Waals surface area (Å²) in [5.41, 5.74) is 4.38. The minimum absolute atomic E-state index is 0.0759. The summed E-state index contributed by atoms with van der Waals surface area (Å²) in [5.74, 6) is 0.630. The molecule has 1 fully saturated rings. The number of nitrogens with one attached hydrogen (secondary N) is 1. The summed E-state index contributed by atoms with van der Waals surface area (Å²) < 4.78 is 6.03. The van der Waals surface area contributed by atoms with E-state index in [1.54, 1.807) is 23.1 Å². The number of rotatable bonds is 9. The third-order valence-corrected chi connectivity index (χ3v) is 7.89. The first-order valence-electron chi connectivity index (χ1n) is 14.5. The zero-order valence-electron chi connectivity index (χ0n) is 23.6. The van der Waals surface area contributed by atoms with Crippen molar-refractivity contribution in [2.45, 2.75) is 58.5 Å². The van der Waals surface area contributed by atoms with Crippen molar-refractivity contribution in [1.82, 2.24) is 10.2 Å². The maximum absolute atomic E-state index is 13.5. The number of carbonyl (C=O) groups is 2. The topological polar surface area (TPSA) is 61.9 Å². The van der Waals surface area contributed by atoms with Crippen LogP contribution in [0.2, 0.25) is 0 Å². The van der Waals surface area contributed by atoms with Crippen molar-refractivity contribution in [3.05, 3.63) is 101 Å². The van der Waals surface area contributed by atoms with E-state index >= 15 is 0 Å². The number of carbonyl (C=O) groups excluding carboxylic acids is 2. The largest absolute Gasteiger partial charge is 0.449 e. The second-order valence-corrected chi connectivity index (χ2v) is 10.8. The highest BCUT2D eigenvalue weighted by Gasteiger charge is 2.30. The molecular weight excluding hydrogens is 498 g/mol. The molecule has 1 N–H and O–H groups in total. The van der Waals surface area contributed by atoms with Crippen molar-refractivity contribution in [3.8, 4) is 5.75 Å². The summed E-state index contributed by atoms with van der Waals surface area (Å²) in [4.78, 5) is 30.6. The summed E-state index contributed by atoms with van der Waals surface area (Å²) in [6, 6.07) is 23.8. The molecule has 208 valence electrons. The van der Waals surface area contributed by atoms with Crippen LogP contribution in [0.1, 0.15) is 66.1 Å². The number of para-hydroxylation sites is 2. The standard InChI is InChI=1S/C34H39N3O3/c1-3-29-9-6-7-21-36(29)22-8-20-35-33(38)28-18-16-26(17-19-28)23-32-34(39)37(24-27-14-12-25(2)13-15-27)30-10-4-5-11-31(30)40-32/h4-5,10-19,23,29H,3,6-9,20-22,24H2,1-2H3,(H,35,38). The first kappa shape index (κ1) is 27.7. The van der Waals surface area contributed by atoms with Gasteiger partial charge in [-0.15, -0.1) is 0 Å². The van der Waals surface area contributed by atoms with Crippen LogP contribution in [-0.4, -0.2) is 42.4 Å². The van der Waals surface area contributed by atoms with E-state index in [9.17, 15) is 9.59 Å². The van der Waals surface area contributed by atoms with Crippen LogP contribution in [-0.2, 0) is 11.3 Å². The van der Waals surface area contributed by atoms with Crippen molar-refractivity contribution >= 4 is 23.6 Å². The summed E-state index contributed by atoms with van der Waals surface area (Å²) in [6.07, 6.45) is 7.79. The van der Waals surface area contributed by atoms with Crippen LogP contribution in [0, 0.1) is 6.92 Å². The highest BCUT2D eigenvalue weighted by Crippen LogP contribution is 2.36.